The first-order valence-corrected chi connectivity index (χ1v) is 32.7. The van der Waals surface area contributed by atoms with Crippen molar-refractivity contribution < 1.29 is 0 Å². The third kappa shape index (κ3) is 9.85. The van der Waals surface area contributed by atoms with Crippen LogP contribution in [0.3, 0.4) is 0 Å². The maximum absolute atomic E-state index is 4.98. The average molecular weight is 1240 g/mol. The number of nitrogens with zero attached hydrogens (tertiary/aromatic N) is 10. The van der Waals surface area contributed by atoms with Crippen LogP contribution in [0.25, 0.3) is 139 Å². The van der Waals surface area contributed by atoms with Gasteiger partial charge in [-0.1, -0.05) is 187 Å². The molecule has 0 aliphatic heterocycles. The van der Waals surface area contributed by atoms with Crippen molar-refractivity contribution in [3.05, 3.63) is 337 Å². The highest BCUT2D eigenvalue weighted by molar-refractivity contribution is 6.09. The van der Waals surface area contributed by atoms with Crippen LogP contribution < -0.4 is 0 Å². The minimum Gasteiger partial charge on any atom is -0.309 e. The van der Waals surface area contributed by atoms with Crippen LogP contribution in [0.15, 0.2) is 309 Å². The largest absolute Gasteiger partial charge is 0.309 e. The topological polar surface area (TPSA) is 71.6 Å². The quantitative estimate of drug-likeness (QED) is 0.172. The molecule has 0 spiro atoms. The molecule has 20 rings (SSSR count). The van der Waals surface area contributed by atoms with Crippen LogP contribution in [0.4, 0.5) is 0 Å². The van der Waals surface area contributed by atoms with Gasteiger partial charge in [-0.2, -0.15) is 0 Å². The van der Waals surface area contributed by atoms with E-state index in [2.05, 4.69) is 357 Å². The van der Waals surface area contributed by atoms with Crippen molar-refractivity contribution >= 4 is 105 Å². The summed E-state index contributed by atoms with van der Waals surface area (Å²) >= 11 is 0. The van der Waals surface area contributed by atoms with Crippen LogP contribution in [0.2, 0.25) is 0 Å². The number of hydrogen-bond acceptors (Lipinski definition) is 3. The molecule has 0 amide bonds. The Bertz CT molecular complexity index is 6320. The molecular formula is C86H66N10. The fourth-order valence-electron chi connectivity index (χ4n) is 14.0. The van der Waals surface area contributed by atoms with Crippen LogP contribution >= 0.6 is 0 Å². The van der Waals surface area contributed by atoms with Crippen molar-refractivity contribution in [2.24, 2.45) is 0 Å². The molecule has 7 heterocycles. The van der Waals surface area contributed by atoms with Gasteiger partial charge in [-0.25, -0.2) is 15.0 Å². The molecule has 0 N–H and O–H groups in total. The van der Waals surface area contributed by atoms with E-state index in [1.807, 2.05) is 18.2 Å². The third-order valence-corrected chi connectivity index (χ3v) is 18.5. The van der Waals surface area contributed by atoms with Crippen LogP contribution in [0.1, 0.15) is 27.8 Å². The van der Waals surface area contributed by atoms with E-state index in [9.17, 15) is 0 Å². The van der Waals surface area contributed by atoms with Crippen LogP contribution in [0, 0.1) is 34.6 Å². The molecule has 0 bridgehead atoms. The molecule has 0 aliphatic carbocycles. The van der Waals surface area contributed by atoms with Gasteiger partial charge < -0.3 is 4.57 Å². The zero-order valence-electron chi connectivity index (χ0n) is 53.9. The molecule has 20 aromatic rings. The lowest BCUT2D eigenvalue weighted by molar-refractivity contribution is 1.10. The summed E-state index contributed by atoms with van der Waals surface area (Å²) in [6, 6.07) is 109. The van der Waals surface area contributed by atoms with Crippen molar-refractivity contribution in [3.63, 3.8) is 0 Å². The number of fused-ring (bicyclic) bond motifs is 18. The molecule has 460 valence electrons. The summed E-state index contributed by atoms with van der Waals surface area (Å²) in [5.41, 5.74) is 29.4. The SMILES string of the molecule is Cc1ccc(-n2c3ccc(-c4ccccc4)cc3n3c4ccccc4nc23)cc1.Cc1ccc(-n2c3ccccc3n3c4ccccc4nc23)cc1.Cc1cccc(-n2c3ccccc3c3cc(C)ccc32)c1.Cc1cccc(-n2c3ccccc3n3c4ccccc4nc23)c1. The lowest BCUT2D eigenvalue weighted by atomic mass is 10.1. The normalized spacial score (nSPS) is 11.6. The van der Waals surface area contributed by atoms with Crippen molar-refractivity contribution in [2.75, 3.05) is 0 Å². The van der Waals surface area contributed by atoms with Gasteiger partial charge in [0.1, 0.15) is 0 Å². The predicted molar refractivity (Wildman–Crippen MR) is 398 cm³/mol. The van der Waals surface area contributed by atoms with E-state index >= 15 is 0 Å². The minimum atomic E-state index is 0.940. The first-order chi connectivity index (χ1) is 47.2. The first kappa shape index (κ1) is 57.4. The summed E-state index contributed by atoms with van der Waals surface area (Å²) in [7, 11) is 0. The number of aromatic nitrogens is 10. The summed E-state index contributed by atoms with van der Waals surface area (Å²) in [5, 5.41) is 2.64. The summed E-state index contributed by atoms with van der Waals surface area (Å²) < 4.78 is 15.8. The van der Waals surface area contributed by atoms with Gasteiger partial charge in [-0.05, 0) is 196 Å². The smallest absolute Gasteiger partial charge is 0.220 e. The summed E-state index contributed by atoms with van der Waals surface area (Å²) in [6.07, 6.45) is 0. The molecule has 0 radical (unpaired) electrons. The van der Waals surface area contributed by atoms with Crippen molar-refractivity contribution in [1.82, 2.24) is 46.4 Å². The monoisotopic (exact) mass is 1240 g/mol. The summed E-state index contributed by atoms with van der Waals surface area (Å²) in [4.78, 5) is 14.7. The second-order valence-electron chi connectivity index (χ2n) is 25.0. The highest BCUT2D eigenvalue weighted by Crippen LogP contribution is 2.36. The average Bonchev–Trinajstić information content (AvgIpc) is 1.58. The zero-order chi connectivity index (χ0) is 64.5. The number of rotatable bonds is 5. The van der Waals surface area contributed by atoms with E-state index in [1.165, 1.54) is 88.5 Å². The van der Waals surface area contributed by atoms with Gasteiger partial charge in [-0.3, -0.25) is 26.9 Å². The summed E-state index contributed by atoms with van der Waals surface area (Å²) in [5.74, 6) is 2.85. The van der Waals surface area contributed by atoms with Crippen LogP contribution in [0.5, 0.6) is 0 Å². The Hall–Kier alpha value is -12.5. The molecule has 0 saturated carbocycles. The maximum atomic E-state index is 4.98. The predicted octanol–water partition coefficient (Wildman–Crippen LogP) is 21.3. The first-order valence-electron chi connectivity index (χ1n) is 32.7. The standard InChI is InChI=1S/C26H19N3.2C20H15N3.C20H17N/c1-18-11-14-21(15-12-18)28-24-16-13-20(19-7-3-2-4-8-19)17-25(24)29-23-10-6-5-9-22(23)27-26(28)29;1-14-7-6-8-15(13-14)22-18-11-4-5-12-19(18)23-17-10-3-2-9-16(17)21-20(22)23;1-14-10-12-15(13-11-14)22-18-8-4-5-9-19(18)23-17-7-3-2-6-16(17)21-20(22)23;1-14-6-5-7-16(12-14)21-19-9-4-3-8-17(19)18-13-15(2)10-11-20(18)21/h2-17H,1H3;2*2-13H,1H3;3-13H,1-2H3. The van der Waals surface area contributed by atoms with E-state index in [0.29, 0.717) is 0 Å². The van der Waals surface area contributed by atoms with Crippen molar-refractivity contribution in [1.29, 1.82) is 0 Å². The molecule has 0 atom stereocenters. The number of hydrogen-bond donors (Lipinski definition) is 0. The molecule has 0 aliphatic rings. The Labute approximate surface area is 554 Å². The Morgan fingerprint density at radius 3 is 1.06 bits per heavy atom. The van der Waals surface area contributed by atoms with Crippen molar-refractivity contribution in [3.8, 4) is 33.9 Å². The van der Waals surface area contributed by atoms with Gasteiger partial charge in [0, 0.05) is 33.5 Å². The molecule has 96 heavy (non-hydrogen) atoms. The minimum absolute atomic E-state index is 0.940. The van der Waals surface area contributed by atoms with Gasteiger partial charge in [0.05, 0.1) is 77.2 Å². The van der Waals surface area contributed by atoms with E-state index in [-0.39, 0.29) is 0 Å². The van der Waals surface area contributed by atoms with Crippen molar-refractivity contribution in [2.45, 2.75) is 34.6 Å². The molecule has 7 aromatic heterocycles. The fourth-order valence-corrected chi connectivity index (χ4v) is 14.0. The lowest BCUT2D eigenvalue weighted by Crippen LogP contribution is -1.95. The molecular weight excluding hydrogens is 1170 g/mol. The molecule has 0 fully saturated rings. The number of aryl methyl sites for hydroxylation is 5. The molecule has 10 nitrogen and oxygen atoms in total. The highest BCUT2D eigenvalue weighted by Gasteiger charge is 2.21. The van der Waals surface area contributed by atoms with E-state index in [1.54, 1.807) is 0 Å². The second kappa shape index (κ2) is 23.5. The summed E-state index contributed by atoms with van der Waals surface area (Å²) in [6.45, 7) is 10.6. The molecule has 0 unspecified atom stereocenters. The van der Waals surface area contributed by atoms with Gasteiger partial charge >= 0.3 is 0 Å². The number of para-hydroxylation sites is 11. The van der Waals surface area contributed by atoms with Crippen LogP contribution in [-0.2, 0) is 0 Å². The Morgan fingerprint density at radius 2 is 0.562 bits per heavy atom. The highest BCUT2D eigenvalue weighted by atomic mass is 15.2. The lowest BCUT2D eigenvalue weighted by Gasteiger charge is -2.08. The van der Waals surface area contributed by atoms with Gasteiger partial charge in [-0.15, -0.1) is 0 Å². The maximum Gasteiger partial charge on any atom is 0.220 e. The van der Waals surface area contributed by atoms with Gasteiger partial charge in [0.2, 0.25) is 17.3 Å². The van der Waals surface area contributed by atoms with E-state index in [4.69, 9.17) is 15.0 Å². The molecule has 10 heteroatoms. The third-order valence-electron chi connectivity index (χ3n) is 18.5. The van der Waals surface area contributed by atoms with Gasteiger partial charge in [0.25, 0.3) is 0 Å². The second-order valence-corrected chi connectivity index (χ2v) is 25.0. The zero-order valence-corrected chi connectivity index (χ0v) is 53.9. The Morgan fingerprint density at radius 1 is 0.198 bits per heavy atom. The molecule has 13 aromatic carbocycles. The van der Waals surface area contributed by atoms with E-state index in [0.717, 1.165) is 78.5 Å². The van der Waals surface area contributed by atoms with E-state index < -0.39 is 0 Å². The fraction of sp³-hybridized carbons (Fsp3) is 0.0581. The van der Waals surface area contributed by atoms with Gasteiger partial charge in [0.15, 0.2) is 0 Å². The molecule has 0 saturated heterocycles. The number of imidazole rings is 6. The Kier molecular flexibility index (Phi) is 14.1. The Balaban J connectivity index is 0.0000000975. The van der Waals surface area contributed by atoms with Crippen LogP contribution in [-0.4, -0.2) is 46.4 Å². The number of benzene rings is 13.